The first-order valence-electron chi connectivity index (χ1n) is 11.2. The number of carbonyl (C=O) groups excluding carboxylic acids is 1. The maximum absolute atomic E-state index is 13.1. The molecule has 0 aliphatic rings. The van der Waals surface area contributed by atoms with Crippen LogP contribution >= 0.6 is 15.9 Å². The second kappa shape index (κ2) is 11.7. The molecular weight excluding hydrogens is 527 g/mol. The van der Waals surface area contributed by atoms with E-state index >= 15 is 0 Å². The molecule has 0 bridgehead atoms. The Balaban J connectivity index is 1.50. The van der Waals surface area contributed by atoms with E-state index in [1.54, 1.807) is 30.3 Å². The van der Waals surface area contributed by atoms with Gasteiger partial charge in [0.25, 0.3) is 5.91 Å². The number of rotatable bonds is 9. The first-order chi connectivity index (χ1) is 17.5. The smallest absolute Gasteiger partial charge is 0.275 e. The van der Waals surface area contributed by atoms with Crippen molar-refractivity contribution in [2.24, 2.45) is 5.10 Å². The van der Waals surface area contributed by atoms with Crippen LogP contribution in [0.25, 0.3) is 10.8 Å². The zero-order chi connectivity index (χ0) is 25.5. The number of nitrogens with zero attached hydrogens (tertiary/aromatic N) is 1. The average molecular weight is 551 g/mol. The van der Waals surface area contributed by atoms with Crippen molar-refractivity contribution >= 4 is 38.8 Å². The Hall–Kier alpha value is -3.91. The summed E-state index contributed by atoms with van der Waals surface area (Å²) < 4.78 is 30.9. The van der Waals surface area contributed by atoms with Crippen molar-refractivity contribution in [1.82, 2.24) is 5.43 Å². The Kier molecular flexibility index (Phi) is 8.17. The summed E-state index contributed by atoms with van der Waals surface area (Å²) in [5, 5.41) is 6.02. The lowest BCUT2D eigenvalue weighted by molar-refractivity contribution is 0.0952. The van der Waals surface area contributed by atoms with Crippen molar-refractivity contribution < 1.29 is 23.4 Å². The number of ether oxygens (including phenoxy) is 3. The molecule has 4 aromatic carbocycles. The zero-order valence-electron chi connectivity index (χ0n) is 19.8. The topological polar surface area (TPSA) is 69.2 Å². The summed E-state index contributed by atoms with van der Waals surface area (Å²) in [5.41, 5.74) is 4.45. The predicted octanol–water partition coefficient (Wildman–Crippen LogP) is 6.49. The van der Waals surface area contributed by atoms with Gasteiger partial charge in [0.1, 0.15) is 18.2 Å². The summed E-state index contributed by atoms with van der Waals surface area (Å²) in [6.45, 7) is 2.56. The Labute approximate surface area is 216 Å². The van der Waals surface area contributed by atoms with Crippen molar-refractivity contribution in [2.45, 2.75) is 13.5 Å². The normalized spacial score (nSPS) is 11.0. The molecule has 0 atom stereocenters. The number of methoxy groups -OCH3 is 1. The largest absolute Gasteiger partial charge is 0.496 e. The SMILES string of the molecule is CCOc1cc(/C=N\NC(=O)c2cc3ccccc3cc2OC)c(Br)cc1OCc1ccc(F)cc1. The molecule has 0 heterocycles. The van der Waals surface area contributed by atoms with Crippen LogP contribution in [0.3, 0.4) is 0 Å². The van der Waals surface area contributed by atoms with Crippen LogP contribution in [0.5, 0.6) is 17.2 Å². The molecule has 8 heteroatoms. The zero-order valence-corrected chi connectivity index (χ0v) is 21.3. The number of carbonyl (C=O) groups is 1. The monoisotopic (exact) mass is 550 g/mol. The second-order valence-electron chi connectivity index (χ2n) is 7.77. The van der Waals surface area contributed by atoms with Gasteiger partial charge in [0.15, 0.2) is 11.5 Å². The quantitative estimate of drug-likeness (QED) is 0.191. The first kappa shape index (κ1) is 25.2. The van der Waals surface area contributed by atoms with Crippen LogP contribution < -0.4 is 19.6 Å². The fourth-order valence-electron chi connectivity index (χ4n) is 3.56. The molecule has 0 aromatic heterocycles. The van der Waals surface area contributed by atoms with Gasteiger partial charge in [0.05, 0.1) is 25.5 Å². The van der Waals surface area contributed by atoms with Gasteiger partial charge in [-0.15, -0.1) is 0 Å². The van der Waals surface area contributed by atoms with E-state index in [1.165, 1.54) is 25.5 Å². The Bertz CT molecular complexity index is 1410. The average Bonchev–Trinajstić information content (AvgIpc) is 2.89. The highest BCUT2D eigenvalue weighted by Crippen LogP contribution is 2.34. The molecule has 36 heavy (non-hydrogen) atoms. The van der Waals surface area contributed by atoms with Crippen LogP contribution in [0.15, 0.2) is 82.4 Å². The van der Waals surface area contributed by atoms with Gasteiger partial charge in [-0.05, 0) is 75.6 Å². The van der Waals surface area contributed by atoms with Gasteiger partial charge in [-0.3, -0.25) is 4.79 Å². The van der Waals surface area contributed by atoms with Crippen LogP contribution in [0, 0.1) is 5.82 Å². The van der Waals surface area contributed by atoms with E-state index in [9.17, 15) is 9.18 Å². The number of amides is 1. The lowest BCUT2D eigenvalue weighted by atomic mass is 10.1. The van der Waals surface area contributed by atoms with Crippen molar-refractivity contribution in [3.63, 3.8) is 0 Å². The molecule has 184 valence electrons. The summed E-state index contributed by atoms with van der Waals surface area (Å²) in [4.78, 5) is 12.8. The van der Waals surface area contributed by atoms with Crippen molar-refractivity contribution in [2.75, 3.05) is 13.7 Å². The molecule has 0 saturated heterocycles. The second-order valence-corrected chi connectivity index (χ2v) is 8.62. The van der Waals surface area contributed by atoms with Crippen LogP contribution in [-0.2, 0) is 6.61 Å². The van der Waals surface area contributed by atoms with E-state index in [-0.39, 0.29) is 12.4 Å². The maximum Gasteiger partial charge on any atom is 0.275 e. The molecule has 1 amide bonds. The molecule has 0 spiro atoms. The van der Waals surface area contributed by atoms with Crippen LogP contribution in [-0.4, -0.2) is 25.8 Å². The van der Waals surface area contributed by atoms with E-state index in [0.717, 1.165) is 16.3 Å². The third-order valence-electron chi connectivity index (χ3n) is 5.35. The van der Waals surface area contributed by atoms with E-state index in [1.807, 2.05) is 37.3 Å². The Morgan fingerprint density at radius 3 is 2.36 bits per heavy atom. The molecule has 0 saturated carbocycles. The van der Waals surface area contributed by atoms with Gasteiger partial charge in [-0.1, -0.05) is 36.4 Å². The summed E-state index contributed by atoms with van der Waals surface area (Å²) in [6.07, 6.45) is 1.52. The molecule has 6 nitrogen and oxygen atoms in total. The molecule has 0 fully saturated rings. The van der Waals surface area contributed by atoms with Crippen molar-refractivity contribution in [1.29, 1.82) is 0 Å². The molecule has 0 unspecified atom stereocenters. The van der Waals surface area contributed by atoms with Gasteiger partial charge in [-0.2, -0.15) is 5.10 Å². The highest BCUT2D eigenvalue weighted by molar-refractivity contribution is 9.10. The molecule has 4 aromatic rings. The number of benzene rings is 4. The van der Waals surface area contributed by atoms with Gasteiger partial charge >= 0.3 is 0 Å². The minimum absolute atomic E-state index is 0.254. The summed E-state index contributed by atoms with van der Waals surface area (Å²) in [7, 11) is 1.52. The molecule has 0 radical (unpaired) electrons. The summed E-state index contributed by atoms with van der Waals surface area (Å²) in [6, 6.07) is 21.0. The number of hydrogen-bond donors (Lipinski definition) is 1. The van der Waals surface area contributed by atoms with Crippen molar-refractivity contribution in [3.8, 4) is 17.2 Å². The number of hydrogen-bond acceptors (Lipinski definition) is 5. The fourth-order valence-corrected chi connectivity index (χ4v) is 3.98. The van der Waals surface area contributed by atoms with Gasteiger partial charge in [0, 0.05) is 10.0 Å². The first-order valence-corrected chi connectivity index (χ1v) is 12.0. The number of halogens is 2. The maximum atomic E-state index is 13.1. The van der Waals surface area contributed by atoms with Crippen LogP contribution in [0.1, 0.15) is 28.4 Å². The lowest BCUT2D eigenvalue weighted by Gasteiger charge is -2.14. The minimum Gasteiger partial charge on any atom is -0.496 e. The molecule has 1 N–H and O–H groups in total. The highest BCUT2D eigenvalue weighted by Gasteiger charge is 2.14. The Morgan fingerprint density at radius 1 is 0.972 bits per heavy atom. The number of nitrogens with one attached hydrogen (secondary N) is 1. The molecular formula is C28H24BrFN2O4. The van der Waals surface area contributed by atoms with Gasteiger partial charge in [0.2, 0.25) is 0 Å². The molecule has 4 rings (SSSR count). The lowest BCUT2D eigenvalue weighted by Crippen LogP contribution is -2.18. The number of hydrazone groups is 1. The molecule has 0 aliphatic carbocycles. The van der Waals surface area contributed by atoms with Crippen molar-refractivity contribution in [3.05, 3.63) is 99.8 Å². The minimum atomic E-state index is -0.394. The van der Waals surface area contributed by atoms with E-state index < -0.39 is 5.91 Å². The van der Waals surface area contributed by atoms with E-state index in [0.29, 0.717) is 39.5 Å². The van der Waals surface area contributed by atoms with Crippen LogP contribution in [0.2, 0.25) is 0 Å². The highest BCUT2D eigenvalue weighted by atomic mass is 79.9. The standard InChI is InChI=1S/C28H24BrFN2O4/c1-3-35-26-14-21(24(29)15-27(26)36-17-18-8-10-22(30)11-9-18)16-31-32-28(33)23-12-19-6-4-5-7-20(19)13-25(23)34-2/h4-16H,3,17H2,1-2H3,(H,32,33)/b31-16-. The summed E-state index contributed by atoms with van der Waals surface area (Å²) in [5.74, 6) is 0.811. The third-order valence-corrected chi connectivity index (χ3v) is 6.04. The Morgan fingerprint density at radius 2 is 1.67 bits per heavy atom. The van der Waals surface area contributed by atoms with Crippen LogP contribution in [0.4, 0.5) is 4.39 Å². The van der Waals surface area contributed by atoms with Gasteiger partial charge < -0.3 is 14.2 Å². The van der Waals surface area contributed by atoms with E-state index in [4.69, 9.17) is 14.2 Å². The van der Waals surface area contributed by atoms with Gasteiger partial charge in [-0.25, -0.2) is 9.82 Å². The predicted molar refractivity (Wildman–Crippen MR) is 142 cm³/mol. The fraction of sp³-hybridized carbons (Fsp3) is 0.143. The van der Waals surface area contributed by atoms with E-state index in [2.05, 4.69) is 26.5 Å². The molecule has 0 aliphatic heterocycles. The number of fused-ring (bicyclic) bond motifs is 1. The summed E-state index contributed by atoms with van der Waals surface area (Å²) >= 11 is 3.52. The third kappa shape index (κ3) is 6.01.